The molecule has 1 aliphatic heterocycles. The maximum absolute atomic E-state index is 12.5. The number of aromatic amines is 1. The van der Waals surface area contributed by atoms with E-state index in [0.717, 1.165) is 18.5 Å². The lowest BCUT2D eigenvalue weighted by molar-refractivity contribution is 0.0711. The zero-order chi connectivity index (χ0) is 17.4. The SMILES string of the molecule is Cc1cc(=O)n2[nH]c(C3CCN(C(=O)c4cccnc4)CC3)cc2n1. The van der Waals surface area contributed by atoms with Gasteiger partial charge in [-0.25, -0.2) is 9.50 Å². The highest BCUT2D eigenvalue weighted by molar-refractivity contribution is 5.93. The number of nitrogens with one attached hydrogen (secondary N) is 1. The van der Waals surface area contributed by atoms with Crippen molar-refractivity contribution in [3.63, 3.8) is 0 Å². The first-order valence-corrected chi connectivity index (χ1v) is 8.40. The third kappa shape index (κ3) is 2.93. The number of hydrogen-bond donors (Lipinski definition) is 1. The van der Waals surface area contributed by atoms with Gasteiger partial charge in [0.2, 0.25) is 0 Å². The minimum atomic E-state index is -0.0991. The van der Waals surface area contributed by atoms with Gasteiger partial charge in [0.05, 0.1) is 5.56 Å². The van der Waals surface area contributed by atoms with Crippen molar-refractivity contribution in [1.29, 1.82) is 0 Å². The van der Waals surface area contributed by atoms with E-state index in [4.69, 9.17) is 0 Å². The summed E-state index contributed by atoms with van der Waals surface area (Å²) in [5, 5.41) is 3.16. The van der Waals surface area contributed by atoms with Gasteiger partial charge >= 0.3 is 0 Å². The van der Waals surface area contributed by atoms with Gasteiger partial charge in [0, 0.05) is 54.9 Å². The molecule has 128 valence electrons. The summed E-state index contributed by atoms with van der Waals surface area (Å²) in [4.78, 5) is 34.8. The highest BCUT2D eigenvalue weighted by Crippen LogP contribution is 2.28. The molecular formula is C18H19N5O2. The van der Waals surface area contributed by atoms with Gasteiger partial charge in [-0.15, -0.1) is 0 Å². The molecule has 0 atom stereocenters. The van der Waals surface area contributed by atoms with Crippen LogP contribution in [0.4, 0.5) is 0 Å². The number of pyridine rings is 1. The van der Waals surface area contributed by atoms with Crippen LogP contribution < -0.4 is 5.56 Å². The van der Waals surface area contributed by atoms with Crippen molar-refractivity contribution < 1.29 is 4.79 Å². The van der Waals surface area contributed by atoms with Crippen molar-refractivity contribution in [2.45, 2.75) is 25.7 Å². The van der Waals surface area contributed by atoms with Gasteiger partial charge in [-0.3, -0.25) is 19.7 Å². The average molecular weight is 337 g/mol. The molecule has 4 rings (SSSR count). The summed E-state index contributed by atoms with van der Waals surface area (Å²) in [5.41, 5.74) is 2.89. The molecule has 1 aliphatic rings. The molecule has 0 spiro atoms. The number of nitrogens with zero attached hydrogens (tertiary/aromatic N) is 4. The van der Waals surface area contributed by atoms with Crippen LogP contribution in [0.15, 0.2) is 41.5 Å². The molecule has 0 bridgehead atoms. The Morgan fingerprint density at radius 1 is 1.28 bits per heavy atom. The maximum Gasteiger partial charge on any atom is 0.272 e. The predicted octanol–water partition coefficient (Wildman–Crippen LogP) is 1.75. The van der Waals surface area contributed by atoms with E-state index in [1.54, 1.807) is 24.5 Å². The summed E-state index contributed by atoms with van der Waals surface area (Å²) >= 11 is 0. The van der Waals surface area contributed by atoms with Crippen molar-refractivity contribution in [2.75, 3.05) is 13.1 Å². The van der Waals surface area contributed by atoms with E-state index < -0.39 is 0 Å². The topological polar surface area (TPSA) is 83.4 Å². The molecule has 3 aromatic rings. The molecule has 1 amide bonds. The molecule has 7 heteroatoms. The predicted molar refractivity (Wildman–Crippen MR) is 92.7 cm³/mol. The number of rotatable bonds is 2. The fraction of sp³-hybridized carbons (Fsp3) is 0.333. The number of carbonyl (C=O) groups excluding carboxylic acids is 1. The monoisotopic (exact) mass is 337 g/mol. The van der Waals surface area contributed by atoms with E-state index in [9.17, 15) is 9.59 Å². The summed E-state index contributed by atoms with van der Waals surface area (Å²) in [6, 6.07) is 7.02. The molecule has 0 saturated carbocycles. The zero-order valence-corrected chi connectivity index (χ0v) is 14.0. The third-order valence-electron chi connectivity index (χ3n) is 4.73. The van der Waals surface area contributed by atoms with Crippen LogP contribution in [0.25, 0.3) is 5.65 Å². The Balaban J connectivity index is 1.50. The average Bonchev–Trinajstić information content (AvgIpc) is 3.06. The van der Waals surface area contributed by atoms with Crippen molar-refractivity contribution in [2.24, 2.45) is 0 Å². The van der Waals surface area contributed by atoms with E-state index >= 15 is 0 Å². The van der Waals surface area contributed by atoms with E-state index in [-0.39, 0.29) is 11.5 Å². The van der Waals surface area contributed by atoms with E-state index in [2.05, 4.69) is 15.1 Å². The van der Waals surface area contributed by atoms with Crippen molar-refractivity contribution in [3.8, 4) is 0 Å². The Morgan fingerprint density at radius 3 is 2.80 bits per heavy atom. The van der Waals surface area contributed by atoms with Gasteiger partial charge in [-0.1, -0.05) is 0 Å². The fourth-order valence-electron chi connectivity index (χ4n) is 3.40. The summed E-state index contributed by atoms with van der Waals surface area (Å²) in [6.07, 6.45) is 4.97. The number of amides is 1. The van der Waals surface area contributed by atoms with Crippen LogP contribution in [0.2, 0.25) is 0 Å². The third-order valence-corrected chi connectivity index (χ3v) is 4.73. The number of fused-ring (bicyclic) bond motifs is 1. The second-order valence-electron chi connectivity index (χ2n) is 6.45. The lowest BCUT2D eigenvalue weighted by Crippen LogP contribution is -2.38. The van der Waals surface area contributed by atoms with E-state index in [0.29, 0.717) is 35.9 Å². The summed E-state index contributed by atoms with van der Waals surface area (Å²) in [5.74, 6) is 0.316. The van der Waals surface area contributed by atoms with Gasteiger partial charge in [-0.2, -0.15) is 0 Å². The molecule has 0 unspecified atom stereocenters. The Kier molecular flexibility index (Phi) is 3.83. The molecule has 25 heavy (non-hydrogen) atoms. The van der Waals surface area contributed by atoms with Crippen LogP contribution in [-0.2, 0) is 0 Å². The molecule has 1 N–H and O–H groups in total. The quantitative estimate of drug-likeness (QED) is 0.772. The molecule has 1 fully saturated rings. The number of carbonyl (C=O) groups is 1. The number of aromatic nitrogens is 4. The smallest absolute Gasteiger partial charge is 0.272 e. The number of aryl methyl sites for hydroxylation is 1. The van der Waals surface area contributed by atoms with Gasteiger partial charge in [0.1, 0.15) is 0 Å². The van der Waals surface area contributed by atoms with E-state index in [1.807, 2.05) is 17.9 Å². The number of H-pyrrole nitrogens is 1. The second-order valence-corrected chi connectivity index (χ2v) is 6.45. The lowest BCUT2D eigenvalue weighted by Gasteiger charge is -2.31. The minimum Gasteiger partial charge on any atom is -0.339 e. The van der Waals surface area contributed by atoms with Crippen molar-refractivity contribution >= 4 is 11.6 Å². The first-order chi connectivity index (χ1) is 12.1. The van der Waals surface area contributed by atoms with Crippen LogP contribution in [0.1, 0.15) is 40.5 Å². The molecule has 0 radical (unpaired) electrons. The highest BCUT2D eigenvalue weighted by atomic mass is 16.2. The summed E-state index contributed by atoms with van der Waals surface area (Å²) < 4.78 is 1.48. The van der Waals surface area contributed by atoms with Crippen LogP contribution in [0.3, 0.4) is 0 Å². The van der Waals surface area contributed by atoms with Crippen LogP contribution in [0.5, 0.6) is 0 Å². The first-order valence-electron chi connectivity index (χ1n) is 8.40. The second kappa shape index (κ2) is 6.16. The van der Waals surface area contributed by atoms with E-state index in [1.165, 1.54) is 10.6 Å². The maximum atomic E-state index is 12.5. The zero-order valence-electron chi connectivity index (χ0n) is 14.0. The molecule has 1 saturated heterocycles. The standard InChI is InChI=1S/C18H19N5O2/c1-12-9-17(24)23-16(20-12)10-15(21-23)13-4-7-22(8-5-13)18(25)14-3-2-6-19-11-14/h2-3,6,9-11,13,21H,4-5,7-8H2,1H3. The molecule has 0 aromatic carbocycles. The van der Waals surface area contributed by atoms with Crippen molar-refractivity contribution in [1.82, 2.24) is 24.5 Å². The van der Waals surface area contributed by atoms with Crippen LogP contribution >= 0.6 is 0 Å². The number of piperidine rings is 1. The first kappa shape index (κ1) is 15.6. The van der Waals surface area contributed by atoms with Crippen molar-refractivity contribution in [3.05, 3.63) is 64.0 Å². The van der Waals surface area contributed by atoms with Crippen LogP contribution in [0, 0.1) is 6.92 Å². The molecular weight excluding hydrogens is 318 g/mol. The summed E-state index contributed by atoms with van der Waals surface area (Å²) in [6.45, 7) is 3.20. The number of likely N-dealkylation sites (tertiary alicyclic amines) is 1. The fourth-order valence-corrected chi connectivity index (χ4v) is 3.40. The molecule has 3 aromatic heterocycles. The Bertz CT molecular complexity index is 968. The minimum absolute atomic E-state index is 0.0247. The summed E-state index contributed by atoms with van der Waals surface area (Å²) in [7, 11) is 0. The molecule has 4 heterocycles. The normalized spacial score (nSPS) is 15.6. The molecule has 7 nitrogen and oxygen atoms in total. The molecule has 0 aliphatic carbocycles. The van der Waals surface area contributed by atoms with Gasteiger partial charge in [-0.05, 0) is 31.9 Å². The van der Waals surface area contributed by atoms with Gasteiger partial charge in [0.15, 0.2) is 5.65 Å². The van der Waals surface area contributed by atoms with Gasteiger partial charge in [0.25, 0.3) is 11.5 Å². The number of hydrogen-bond acceptors (Lipinski definition) is 4. The highest BCUT2D eigenvalue weighted by Gasteiger charge is 2.26. The van der Waals surface area contributed by atoms with Crippen LogP contribution in [-0.4, -0.2) is 43.5 Å². The van der Waals surface area contributed by atoms with Gasteiger partial charge < -0.3 is 4.90 Å². The largest absolute Gasteiger partial charge is 0.339 e. The Morgan fingerprint density at radius 2 is 2.08 bits per heavy atom. The lowest BCUT2D eigenvalue weighted by atomic mass is 9.93. The Labute approximate surface area is 144 Å². The Hall–Kier alpha value is -2.96.